The number of benzene rings is 1. The Balaban J connectivity index is 2.32. The van der Waals surface area contributed by atoms with Crippen LogP contribution in [-0.4, -0.2) is 12.3 Å². The summed E-state index contributed by atoms with van der Waals surface area (Å²) in [5, 5.41) is 0. The van der Waals surface area contributed by atoms with Crippen LogP contribution in [0.2, 0.25) is 0 Å². The van der Waals surface area contributed by atoms with Crippen LogP contribution in [0, 0.1) is 17.4 Å². The lowest BCUT2D eigenvalue weighted by Crippen LogP contribution is -2.22. The summed E-state index contributed by atoms with van der Waals surface area (Å²) < 4.78 is 12.8. The number of aryl methyl sites for hydroxylation is 1. The minimum absolute atomic E-state index is 0.171. The standard InChI is InChI=1S/C12H16IO2P/c1-7-4-10(13)5-11(9(7)3)12-14-8(2)6-16-15-12/h4-5,8,12,16H,6H2,1-3H3. The highest BCUT2D eigenvalue weighted by atomic mass is 127. The highest BCUT2D eigenvalue weighted by Gasteiger charge is 2.23. The van der Waals surface area contributed by atoms with Gasteiger partial charge in [-0.05, 0) is 66.6 Å². The van der Waals surface area contributed by atoms with Crippen LogP contribution in [0.5, 0.6) is 0 Å². The molecule has 1 aliphatic rings. The molecule has 0 amide bonds. The Bertz CT molecular complexity index is 395. The Morgan fingerprint density at radius 1 is 1.38 bits per heavy atom. The quantitative estimate of drug-likeness (QED) is 0.564. The second-order valence-electron chi connectivity index (χ2n) is 4.18. The van der Waals surface area contributed by atoms with Crippen LogP contribution in [0.4, 0.5) is 0 Å². The van der Waals surface area contributed by atoms with Crippen LogP contribution in [0.15, 0.2) is 12.1 Å². The number of hydrogen-bond acceptors (Lipinski definition) is 2. The summed E-state index contributed by atoms with van der Waals surface area (Å²) in [5.41, 5.74) is 3.77. The van der Waals surface area contributed by atoms with Crippen molar-refractivity contribution in [1.29, 1.82) is 0 Å². The van der Waals surface area contributed by atoms with Crippen molar-refractivity contribution in [3.63, 3.8) is 0 Å². The maximum absolute atomic E-state index is 5.84. The highest BCUT2D eigenvalue weighted by molar-refractivity contribution is 14.1. The number of ether oxygens (including phenoxy) is 1. The minimum Gasteiger partial charge on any atom is -0.345 e. The van der Waals surface area contributed by atoms with Crippen molar-refractivity contribution in [1.82, 2.24) is 0 Å². The molecule has 1 aliphatic heterocycles. The molecule has 3 atom stereocenters. The SMILES string of the molecule is Cc1cc(I)cc(C2OPCC(C)O2)c1C. The predicted octanol–water partition coefficient (Wildman–Crippen LogP) is 3.94. The molecule has 1 aromatic carbocycles. The number of rotatable bonds is 1. The van der Waals surface area contributed by atoms with Gasteiger partial charge in [0.15, 0.2) is 6.29 Å². The van der Waals surface area contributed by atoms with Gasteiger partial charge in [-0.15, -0.1) is 0 Å². The second kappa shape index (κ2) is 5.30. The van der Waals surface area contributed by atoms with Gasteiger partial charge in [-0.25, -0.2) is 0 Å². The van der Waals surface area contributed by atoms with Crippen molar-refractivity contribution in [3.8, 4) is 0 Å². The Morgan fingerprint density at radius 3 is 2.81 bits per heavy atom. The van der Waals surface area contributed by atoms with Gasteiger partial charge in [0.05, 0.1) is 6.10 Å². The first-order chi connectivity index (χ1) is 7.58. The molecule has 4 heteroatoms. The van der Waals surface area contributed by atoms with Crippen molar-refractivity contribution in [2.75, 3.05) is 6.16 Å². The van der Waals surface area contributed by atoms with Gasteiger partial charge in [-0.1, -0.05) is 0 Å². The third-order valence-electron chi connectivity index (χ3n) is 2.84. The fourth-order valence-corrected chi connectivity index (χ4v) is 3.31. The maximum atomic E-state index is 5.84. The monoisotopic (exact) mass is 350 g/mol. The smallest absolute Gasteiger partial charge is 0.187 e. The Hall–Kier alpha value is 0.300. The minimum atomic E-state index is -0.171. The fourth-order valence-electron chi connectivity index (χ4n) is 1.75. The van der Waals surface area contributed by atoms with Crippen LogP contribution in [0.1, 0.15) is 29.9 Å². The third kappa shape index (κ3) is 2.76. The Labute approximate surface area is 112 Å². The summed E-state index contributed by atoms with van der Waals surface area (Å²) in [7, 11) is 0.550. The van der Waals surface area contributed by atoms with Crippen molar-refractivity contribution < 1.29 is 9.26 Å². The normalized spacial score (nSPS) is 27.2. The third-order valence-corrected chi connectivity index (χ3v) is 4.59. The average Bonchev–Trinajstić information content (AvgIpc) is 2.23. The van der Waals surface area contributed by atoms with Crippen LogP contribution < -0.4 is 0 Å². The summed E-state index contributed by atoms with van der Waals surface area (Å²) in [6, 6.07) is 4.35. The van der Waals surface area contributed by atoms with Crippen LogP contribution in [0.25, 0.3) is 0 Å². The summed E-state index contributed by atoms with van der Waals surface area (Å²) >= 11 is 2.34. The topological polar surface area (TPSA) is 18.5 Å². The first-order valence-electron chi connectivity index (χ1n) is 5.38. The highest BCUT2D eigenvalue weighted by Crippen LogP contribution is 2.37. The lowest BCUT2D eigenvalue weighted by molar-refractivity contribution is -0.118. The van der Waals surface area contributed by atoms with Crippen molar-refractivity contribution in [3.05, 3.63) is 32.4 Å². The average molecular weight is 350 g/mol. The van der Waals surface area contributed by atoms with Gasteiger partial charge < -0.3 is 9.26 Å². The van der Waals surface area contributed by atoms with Gasteiger partial charge in [0.2, 0.25) is 0 Å². The van der Waals surface area contributed by atoms with Crippen LogP contribution in [-0.2, 0) is 9.26 Å². The second-order valence-corrected chi connectivity index (χ2v) is 6.36. The van der Waals surface area contributed by atoms with E-state index in [-0.39, 0.29) is 6.29 Å². The van der Waals surface area contributed by atoms with Crippen molar-refractivity contribution in [2.24, 2.45) is 0 Å². The first kappa shape index (κ1) is 12.7. The van der Waals surface area contributed by atoms with E-state index >= 15 is 0 Å². The molecule has 3 unspecified atom stereocenters. The summed E-state index contributed by atoms with van der Waals surface area (Å²) in [6.45, 7) is 6.38. The summed E-state index contributed by atoms with van der Waals surface area (Å²) in [5.74, 6) is 0. The van der Waals surface area contributed by atoms with E-state index in [0.29, 0.717) is 14.9 Å². The lowest BCUT2D eigenvalue weighted by atomic mass is 10.0. The number of hydrogen-bond donors (Lipinski definition) is 0. The zero-order valence-electron chi connectivity index (χ0n) is 9.71. The van der Waals surface area contributed by atoms with E-state index in [0.717, 1.165) is 6.16 Å². The molecular weight excluding hydrogens is 334 g/mol. The number of halogens is 1. The molecule has 1 fully saturated rings. The maximum Gasteiger partial charge on any atom is 0.187 e. The van der Waals surface area contributed by atoms with E-state index in [9.17, 15) is 0 Å². The molecule has 0 aliphatic carbocycles. The van der Waals surface area contributed by atoms with E-state index < -0.39 is 0 Å². The van der Waals surface area contributed by atoms with Crippen LogP contribution in [0.3, 0.4) is 0 Å². The molecule has 1 aromatic rings. The van der Waals surface area contributed by atoms with Gasteiger partial charge in [-0.3, -0.25) is 0 Å². The molecule has 0 bridgehead atoms. The lowest BCUT2D eigenvalue weighted by Gasteiger charge is -2.29. The Morgan fingerprint density at radius 2 is 2.12 bits per heavy atom. The van der Waals surface area contributed by atoms with Gasteiger partial charge in [0.1, 0.15) is 0 Å². The van der Waals surface area contributed by atoms with E-state index in [1.54, 1.807) is 0 Å². The molecule has 0 radical (unpaired) electrons. The molecule has 0 spiro atoms. The molecule has 2 nitrogen and oxygen atoms in total. The zero-order valence-corrected chi connectivity index (χ0v) is 12.9. The molecule has 0 aromatic heterocycles. The van der Waals surface area contributed by atoms with Crippen molar-refractivity contribution >= 4 is 31.4 Å². The zero-order chi connectivity index (χ0) is 11.7. The Kier molecular flexibility index (Phi) is 4.22. The molecule has 1 saturated heterocycles. The summed E-state index contributed by atoms with van der Waals surface area (Å²) in [4.78, 5) is 0. The fraction of sp³-hybridized carbons (Fsp3) is 0.500. The molecule has 0 saturated carbocycles. The molecule has 16 heavy (non-hydrogen) atoms. The van der Waals surface area contributed by atoms with E-state index in [4.69, 9.17) is 9.26 Å². The van der Waals surface area contributed by atoms with Crippen LogP contribution >= 0.6 is 31.4 Å². The molecule has 1 heterocycles. The van der Waals surface area contributed by atoms with Gasteiger partial charge in [0, 0.05) is 24.1 Å². The molecular formula is C12H16IO2P. The largest absolute Gasteiger partial charge is 0.345 e. The van der Waals surface area contributed by atoms with E-state index in [1.807, 2.05) is 0 Å². The predicted molar refractivity (Wildman–Crippen MR) is 76.2 cm³/mol. The molecule has 2 rings (SSSR count). The molecule has 88 valence electrons. The van der Waals surface area contributed by atoms with Crippen molar-refractivity contribution in [2.45, 2.75) is 33.2 Å². The van der Waals surface area contributed by atoms with Gasteiger partial charge in [-0.2, -0.15) is 0 Å². The first-order valence-corrected chi connectivity index (χ1v) is 7.58. The molecule has 0 N–H and O–H groups in total. The van der Waals surface area contributed by atoms with E-state index in [1.165, 1.54) is 20.3 Å². The van der Waals surface area contributed by atoms with Gasteiger partial charge >= 0.3 is 0 Å². The van der Waals surface area contributed by atoms with E-state index in [2.05, 4.69) is 55.5 Å². The summed E-state index contributed by atoms with van der Waals surface area (Å²) in [6.07, 6.45) is 1.14. The van der Waals surface area contributed by atoms with Gasteiger partial charge in [0.25, 0.3) is 0 Å².